The van der Waals surface area contributed by atoms with Crippen LogP contribution in [-0.2, 0) is 15.8 Å². The zero-order valence-corrected chi connectivity index (χ0v) is 12.2. The van der Waals surface area contributed by atoms with Crippen molar-refractivity contribution in [2.75, 3.05) is 13.1 Å². The molecule has 6 heteroatoms. The monoisotopic (exact) mass is 294 g/mol. The van der Waals surface area contributed by atoms with Crippen LogP contribution in [0.25, 0.3) is 0 Å². The largest absolute Gasteiger partial charge is 0.387 e. The predicted octanol–water partition coefficient (Wildman–Crippen LogP) is 1.23. The summed E-state index contributed by atoms with van der Waals surface area (Å²) in [6.07, 6.45) is 1.44. The molecule has 20 heavy (non-hydrogen) atoms. The van der Waals surface area contributed by atoms with Crippen LogP contribution in [0.2, 0.25) is 0 Å². The Hall–Kier alpha value is -1.42. The van der Waals surface area contributed by atoms with Crippen molar-refractivity contribution in [2.45, 2.75) is 31.1 Å². The third-order valence-electron chi connectivity index (χ3n) is 3.46. The summed E-state index contributed by atoms with van der Waals surface area (Å²) in [5.41, 5.74) is 0.176. The van der Waals surface area contributed by atoms with Crippen LogP contribution >= 0.6 is 0 Å². The average molecular weight is 294 g/mol. The second kappa shape index (κ2) is 5.52. The van der Waals surface area contributed by atoms with Crippen LogP contribution in [0.5, 0.6) is 0 Å². The Morgan fingerprint density at radius 2 is 2.15 bits per heavy atom. The van der Waals surface area contributed by atoms with E-state index in [0.29, 0.717) is 17.5 Å². The summed E-state index contributed by atoms with van der Waals surface area (Å²) in [5, 5.41) is 18.9. The molecule has 1 fully saturated rings. The highest BCUT2D eigenvalue weighted by atomic mass is 32.2. The molecule has 0 aromatic heterocycles. The van der Waals surface area contributed by atoms with Crippen molar-refractivity contribution in [1.82, 2.24) is 4.31 Å². The highest BCUT2D eigenvalue weighted by Gasteiger charge is 2.45. The van der Waals surface area contributed by atoms with Gasteiger partial charge in [-0.2, -0.15) is 9.57 Å². The maximum absolute atomic E-state index is 12.2. The molecule has 0 aliphatic carbocycles. The molecule has 1 aromatic carbocycles. The zero-order chi connectivity index (χ0) is 14.8. The first-order valence-corrected chi connectivity index (χ1v) is 8.19. The highest BCUT2D eigenvalue weighted by Crippen LogP contribution is 2.29. The molecular formula is C14H18N2O3S. The van der Waals surface area contributed by atoms with Gasteiger partial charge in [-0.25, -0.2) is 8.42 Å². The minimum Gasteiger partial charge on any atom is -0.387 e. The number of β-amino-alcohol motifs (C(OH)–C–C–N with tert-alkyl or cyclic N) is 1. The van der Waals surface area contributed by atoms with Gasteiger partial charge in [0.2, 0.25) is 10.0 Å². The van der Waals surface area contributed by atoms with Gasteiger partial charge < -0.3 is 5.11 Å². The first kappa shape index (κ1) is 15.0. The van der Waals surface area contributed by atoms with E-state index in [2.05, 4.69) is 0 Å². The summed E-state index contributed by atoms with van der Waals surface area (Å²) >= 11 is 0. The van der Waals surface area contributed by atoms with Gasteiger partial charge in [-0.1, -0.05) is 25.5 Å². The lowest BCUT2D eigenvalue weighted by Crippen LogP contribution is -2.63. The number of hydrogen-bond donors (Lipinski definition) is 1. The second-order valence-electron chi connectivity index (χ2n) is 5.31. The third kappa shape index (κ3) is 3.18. The number of hydrogen-bond acceptors (Lipinski definition) is 4. The van der Waals surface area contributed by atoms with Gasteiger partial charge in [-0.15, -0.1) is 0 Å². The minimum atomic E-state index is -3.43. The molecule has 108 valence electrons. The molecule has 0 spiro atoms. The van der Waals surface area contributed by atoms with Crippen molar-refractivity contribution in [1.29, 1.82) is 5.26 Å². The number of nitrogens with zero attached hydrogens (tertiary/aromatic N) is 2. The lowest BCUT2D eigenvalue weighted by Gasteiger charge is -2.45. The molecule has 0 atom stereocenters. The molecule has 0 radical (unpaired) electrons. The Morgan fingerprint density at radius 3 is 2.75 bits per heavy atom. The van der Waals surface area contributed by atoms with E-state index in [1.165, 1.54) is 4.31 Å². The molecule has 5 nitrogen and oxygen atoms in total. The van der Waals surface area contributed by atoms with Gasteiger partial charge in [0.1, 0.15) is 0 Å². The molecule has 1 aliphatic rings. The quantitative estimate of drug-likeness (QED) is 0.885. The Bertz CT molecular complexity index is 628. The molecule has 1 aliphatic heterocycles. The van der Waals surface area contributed by atoms with Gasteiger partial charge in [0.15, 0.2) is 0 Å². The minimum absolute atomic E-state index is 0.134. The summed E-state index contributed by atoms with van der Waals surface area (Å²) in [6.45, 7) is 2.30. The number of sulfonamides is 1. The van der Waals surface area contributed by atoms with E-state index < -0.39 is 15.6 Å². The van der Waals surface area contributed by atoms with Gasteiger partial charge in [0.25, 0.3) is 0 Å². The fourth-order valence-corrected chi connectivity index (χ4v) is 4.12. The van der Waals surface area contributed by atoms with E-state index in [1.54, 1.807) is 24.3 Å². The lowest BCUT2D eigenvalue weighted by molar-refractivity contribution is -0.0653. The van der Waals surface area contributed by atoms with E-state index in [1.807, 2.05) is 13.0 Å². The molecular weight excluding hydrogens is 276 g/mol. The maximum Gasteiger partial charge on any atom is 0.218 e. The lowest BCUT2D eigenvalue weighted by atomic mass is 9.92. The van der Waals surface area contributed by atoms with E-state index >= 15 is 0 Å². The van der Waals surface area contributed by atoms with Gasteiger partial charge >= 0.3 is 0 Å². The van der Waals surface area contributed by atoms with Crippen molar-refractivity contribution in [3.8, 4) is 6.07 Å². The Balaban J connectivity index is 2.04. The number of aliphatic hydroxyl groups is 1. The summed E-state index contributed by atoms with van der Waals surface area (Å²) in [6, 6.07) is 8.57. The van der Waals surface area contributed by atoms with E-state index in [9.17, 15) is 13.5 Å². The average Bonchev–Trinajstić information content (AvgIpc) is 2.35. The van der Waals surface area contributed by atoms with Gasteiger partial charge in [0.05, 0.1) is 23.0 Å². The molecule has 2 rings (SSSR count). The maximum atomic E-state index is 12.2. The van der Waals surface area contributed by atoms with Crippen LogP contribution in [0.3, 0.4) is 0 Å². The molecule has 0 unspecified atom stereocenters. The van der Waals surface area contributed by atoms with E-state index in [4.69, 9.17) is 5.26 Å². The topological polar surface area (TPSA) is 81.4 Å². The van der Waals surface area contributed by atoms with E-state index in [0.717, 1.165) is 6.42 Å². The van der Waals surface area contributed by atoms with Gasteiger partial charge in [-0.05, 0) is 24.1 Å². The molecule has 0 saturated carbocycles. The van der Waals surface area contributed by atoms with Crippen molar-refractivity contribution in [2.24, 2.45) is 0 Å². The number of nitriles is 1. The van der Waals surface area contributed by atoms with Gasteiger partial charge in [0, 0.05) is 13.1 Å². The first-order chi connectivity index (χ1) is 9.38. The number of benzene rings is 1. The predicted molar refractivity (Wildman–Crippen MR) is 75.2 cm³/mol. The molecule has 1 N–H and O–H groups in total. The van der Waals surface area contributed by atoms with Crippen LogP contribution < -0.4 is 0 Å². The highest BCUT2D eigenvalue weighted by molar-refractivity contribution is 7.88. The van der Waals surface area contributed by atoms with Gasteiger partial charge in [-0.3, -0.25) is 0 Å². The van der Waals surface area contributed by atoms with Crippen LogP contribution in [0.15, 0.2) is 24.3 Å². The van der Waals surface area contributed by atoms with Crippen LogP contribution in [0.4, 0.5) is 0 Å². The van der Waals surface area contributed by atoms with Crippen molar-refractivity contribution < 1.29 is 13.5 Å². The fourth-order valence-electron chi connectivity index (χ4n) is 2.46. The molecule has 1 aromatic rings. The number of rotatable bonds is 5. The van der Waals surface area contributed by atoms with Crippen molar-refractivity contribution in [3.05, 3.63) is 35.4 Å². The van der Waals surface area contributed by atoms with E-state index in [-0.39, 0.29) is 18.8 Å². The molecule has 0 bridgehead atoms. The Labute approximate surface area is 119 Å². The summed E-state index contributed by atoms with van der Waals surface area (Å²) < 4.78 is 25.7. The molecule has 1 saturated heterocycles. The molecule has 1 heterocycles. The van der Waals surface area contributed by atoms with Crippen LogP contribution in [0.1, 0.15) is 30.9 Å². The Morgan fingerprint density at radius 1 is 1.45 bits per heavy atom. The van der Waals surface area contributed by atoms with Crippen molar-refractivity contribution in [3.63, 3.8) is 0 Å². The fraction of sp³-hybridized carbons (Fsp3) is 0.500. The normalized spacial score (nSPS) is 18.2. The smallest absolute Gasteiger partial charge is 0.218 e. The molecule has 0 amide bonds. The summed E-state index contributed by atoms with van der Waals surface area (Å²) in [5.74, 6) is -0.134. The standard InChI is InChI=1S/C14H18N2O3S/c1-2-6-14(17)10-16(11-14)20(18,19)9-13-5-3-4-12(7-13)8-15/h3-5,7,17H,2,6,9-11H2,1H3. The zero-order valence-electron chi connectivity index (χ0n) is 11.4. The first-order valence-electron chi connectivity index (χ1n) is 6.58. The third-order valence-corrected chi connectivity index (χ3v) is 5.20. The summed E-state index contributed by atoms with van der Waals surface area (Å²) in [7, 11) is -3.43. The second-order valence-corrected chi connectivity index (χ2v) is 7.28. The van der Waals surface area contributed by atoms with Crippen LogP contribution in [0, 0.1) is 11.3 Å². The summed E-state index contributed by atoms with van der Waals surface area (Å²) in [4.78, 5) is 0. The Kier molecular flexibility index (Phi) is 4.14. The van der Waals surface area contributed by atoms with Crippen LogP contribution in [-0.4, -0.2) is 36.5 Å². The SMILES string of the molecule is CCCC1(O)CN(S(=O)(=O)Cc2cccc(C#N)c2)C1. The van der Waals surface area contributed by atoms with Crippen molar-refractivity contribution >= 4 is 10.0 Å².